The van der Waals surface area contributed by atoms with Crippen molar-refractivity contribution in [3.8, 4) is 0 Å². The summed E-state index contributed by atoms with van der Waals surface area (Å²) in [5.41, 5.74) is 0. The van der Waals surface area contributed by atoms with Crippen LogP contribution in [0.5, 0.6) is 0 Å². The van der Waals surface area contributed by atoms with Crippen molar-refractivity contribution in [2.24, 2.45) is 17.8 Å². The molecule has 0 aromatic carbocycles. The molecule has 284 valence electrons. The maximum Gasteiger partial charge on any atom is 0.306 e. The fourth-order valence-corrected chi connectivity index (χ4v) is 5.96. The molecule has 0 aliphatic rings. The number of carbonyl (C=O) groups is 3. The number of hydrogen-bond donors (Lipinski definition) is 0. The first kappa shape index (κ1) is 46.4. The van der Waals surface area contributed by atoms with Crippen LogP contribution in [0.1, 0.15) is 215 Å². The maximum atomic E-state index is 12.6. The van der Waals surface area contributed by atoms with Gasteiger partial charge in [0.25, 0.3) is 0 Å². The fourth-order valence-electron chi connectivity index (χ4n) is 5.96. The molecule has 0 radical (unpaired) electrons. The minimum Gasteiger partial charge on any atom is -0.462 e. The first-order valence-corrected chi connectivity index (χ1v) is 20.6. The third kappa shape index (κ3) is 34.3. The minimum absolute atomic E-state index is 0.0687. The van der Waals surface area contributed by atoms with E-state index >= 15 is 0 Å². The number of unbranched alkanes of at least 4 members (excludes halogenated alkanes) is 17. The number of carbonyl (C=O) groups excluding carboxylic acids is 3. The Kier molecular flexibility index (Phi) is 32.8. The molecule has 2 atom stereocenters. The lowest BCUT2D eigenvalue weighted by Gasteiger charge is -2.18. The third-order valence-corrected chi connectivity index (χ3v) is 9.51. The highest BCUT2D eigenvalue weighted by atomic mass is 16.6. The SMILES string of the molecule is CCC(C)CCCCCCCCCCC(=O)OC[C@@H](COC(=O)CCCCCCCCC(C)C)OC(=O)CCCCCCCCC(C)C. The summed E-state index contributed by atoms with van der Waals surface area (Å²) >= 11 is 0. The lowest BCUT2D eigenvalue weighted by Crippen LogP contribution is -2.30. The van der Waals surface area contributed by atoms with Crippen molar-refractivity contribution >= 4 is 17.9 Å². The number of rotatable bonds is 35. The van der Waals surface area contributed by atoms with Gasteiger partial charge < -0.3 is 14.2 Å². The van der Waals surface area contributed by atoms with Crippen LogP contribution in [0.25, 0.3) is 0 Å². The van der Waals surface area contributed by atoms with E-state index in [4.69, 9.17) is 14.2 Å². The standard InChI is InChI=1S/C42H80O6/c1-7-38(6)30-24-18-10-8-9-11-19-25-31-40(43)46-34-39(48-42(45)33-27-21-15-13-17-23-29-37(4)5)35-47-41(44)32-26-20-14-12-16-22-28-36(2)3/h36-39H,7-35H2,1-6H3/t38?,39-/m0/s1. The first-order valence-electron chi connectivity index (χ1n) is 20.6. The summed E-state index contributed by atoms with van der Waals surface area (Å²) in [4.78, 5) is 37.5. The Morgan fingerprint density at radius 1 is 0.417 bits per heavy atom. The molecule has 1 unspecified atom stereocenters. The van der Waals surface area contributed by atoms with Gasteiger partial charge in [0.2, 0.25) is 0 Å². The van der Waals surface area contributed by atoms with Crippen LogP contribution in [-0.2, 0) is 28.6 Å². The highest BCUT2D eigenvalue weighted by Crippen LogP contribution is 2.16. The monoisotopic (exact) mass is 681 g/mol. The van der Waals surface area contributed by atoms with E-state index in [-0.39, 0.29) is 31.1 Å². The van der Waals surface area contributed by atoms with Crippen molar-refractivity contribution in [1.82, 2.24) is 0 Å². The molecule has 6 heteroatoms. The molecule has 0 saturated heterocycles. The van der Waals surface area contributed by atoms with Gasteiger partial charge in [0, 0.05) is 19.3 Å². The van der Waals surface area contributed by atoms with E-state index in [9.17, 15) is 14.4 Å². The van der Waals surface area contributed by atoms with Gasteiger partial charge in [-0.1, -0.05) is 176 Å². The summed E-state index contributed by atoms with van der Waals surface area (Å²) in [7, 11) is 0. The quantitative estimate of drug-likeness (QED) is 0.0376. The Morgan fingerprint density at radius 2 is 0.729 bits per heavy atom. The summed E-state index contributed by atoms with van der Waals surface area (Å²) in [6.07, 6.45) is 28.3. The van der Waals surface area contributed by atoms with Gasteiger partial charge in [0.05, 0.1) is 0 Å². The number of hydrogen-bond acceptors (Lipinski definition) is 6. The predicted octanol–water partition coefficient (Wildman–Crippen LogP) is 12.5. The summed E-state index contributed by atoms with van der Waals surface area (Å²) in [5.74, 6) is 1.49. The van der Waals surface area contributed by atoms with Crippen molar-refractivity contribution in [2.75, 3.05) is 13.2 Å². The van der Waals surface area contributed by atoms with Gasteiger partial charge in [-0.25, -0.2) is 0 Å². The average molecular weight is 681 g/mol. The van der Waals surface area contributed by atoms with Gasteiger partial charge in [-0.2, -0.15) is 0 Å². The maximum absolute atomic E-state index is 12.6. The average Bonchev–Trinajstić information content (AvgIpc) is 3.05. The van der Waals surface area contributed by atoms with Crippen molar-refractivity contribution in [2.45, 2.75) is 221 Å². The molecule has 6 nitrogen and oxygen atoms in total. The Bertz CT molecular complexity index is 748. The van der Waals surface area contributed by atoms with Crippen LogP contribution in [0.4, 0.5) is 0 Å². The molecule has 0 aromatic rings. The van der Waals surface area contributed by atoms with Gasteiger partial charge in [-0.3, -0.25) is 14.4 Å². The van der Waals surface area contributed by atoms with Gasteiger partial charge in [0.1, 0.15) is 13.2 Å². The molecule has 0 bridgehead atoms. The molecule has 0 aliphatic carbocycles. The Balaban J connectivity index is 4.36. The molecule has 0 saturated carbocycles. The third-order valence-electron chi connectivity index (χ3n) is 9.51. The highest BCUT2D eigenvalue weighted by molar-refractivity contribution is 5.71. The summed E-state index contributed by atoms with van der Waals surface area (Å²) in [6, 6.07) is 0. The van der Waals surface area contributed by atoms with E-state index in [1.165, 1.54) is 96.3 Å². The van der Waals surface area contributed by atoms with Crippen molar-refractivity contribution in [3.05, 3.63) is 0 Å². The van der Waals surface area contributed by atoms with E-state index in [1.807, 2.05) is 0 Å². The first-order chi connectivity index (χ1) is 23.1. The molecule has 0 heterocycles. The molecular weight excluding hydrogens is 600 g/mol. The smallest absolute Gasteiger partial charge is 0.306 e. The molecule has 0 N–H and O–H groups in total. The predicted molar refractivity (Wildman–Crippen MR) is 201 cm³/mol. The molecule has 48 heavy (non-hydrogen) atoms. The molecule has 0 spiro atoms. The Hall–Kier alpha value is -1.59. The minimum atomic E-state index is -0.761. The molecule has 0 fully saturated rings. The van der Waals surface area contributed by atoms with Gasteiger partial charge in [-0.05, 0) is 37.0 Å². The normalized spacial score (nSPS) is 12.8. The lowest BCUT2D eigenvalue weighted by atomic mass is 9.99. The van der Waals surface area contributed by atoms with E-state index in [2.05, 4.69) is 41.5 Å². The highest BCUT2D eigenvalue weighted by Gasteiger charge is 2.19. The van der Waals surface area contributed by atoms with Crippen LogP contribution in [0.2, 0.25) is 0 Å². The molecule has 0 rings (SSSR count). The van der Waals surface area contributed by atoms with Gasteiger partial charge in [-0.15, -0.1) is 0 Å². The Morgan fingerprint density at radius 3 is 1.08 bits per heavy atom. The van der Waals surface area contributed by atoms with Crippen molar-refractivity contribution < 1.29 is 28.6 Å². The van der Waals surface area contributed by atoms with Crippen LogP contribution in [0.15, 0.2) is 0 Å². The van der Waals surface area contributed by atoms with E-state index in [1.54, 1.807) is 0 Å². The van der Waals surface area contributed by atoms with Gasteiger partial charge in [0.15, 0.2) is 6.10 Å². The Labute approximate surface area is 298 Å². The second-order valence-electron chi connectivity index (χ2n) is 15.5. The van der Waals surface area contributed by atoms with Crippen LogP contribution < -0.4 is 0 Å². The van der Waals surface area contributed by atoms with E-state index in [0.29, 0.717) is 19.3 Å². The van der Waals surface area contributed by atoms with Crippen LogP contribution in [-0.4, -0.2) is 37.2 Å². The van der Waals surface area contributed by atoms with Crippen molar-refractivity contribution in [1.29, 1.82) is 0 Å². The lowest BCUT2D eigenvalue weighted by molar-refractivity contribution is -0.167. The van der Waals surface area contributed by atoms with E-state index < -0.39 is 6.10 Å². The van der Waals surface area contributed by atoms with Crippen LogP contribution in [0, 0.1) is 17.8 Å². The zero-order chi connectivity index (χ0) is 35.7. The molecule has 0 amide bonds. The zero-order valence-corrected chi connectivity index (χ0v) is 32.8. The van der Waals surface area contributed by atoms with Crippen molar-refractivity contribution in [3.63, 3.8) is 0 Å². The van der Waals surface area contributed by atoms with Gasteiger partial charge >= 0.3 is 17.9 Å². The molecule has 0 aliphatic heterocycles. The molecule has 0 aromatic heterocycles. The second-order valence-corrected chi connectivity index (χ2v) is 15.5. The molecular formula is C42H80O6. The number of esters is 3. The summed E-state index contributed by atoms with van der Waals surface area (Å²) < 4.78 is 16.6. The summed E-state index contributed by atoms with van der Waals surface area (Å²) in [6.45, 7) is 13.5. The number of ether oxygens (including phenoxy) is 3. The fraction of sp³-hybridized carbons (Fsp3) is 0.929. The topological polar surface area (TPSA) is 78.9 Å². The second kappa shape index (κ2) is 33.9. The van der Waals surface area contributed by atoms with E-state index in [0.717, 1.165) is 75.5 Å². The summed E-state index contributed by atoms with van der Waals surface area (Å²) in [5, 5.41) is 0. The zero-order valence-electron chi connectivity index (χ0n) is 32.8. The largest absolute Gasteiger partial charge is 0.462 e. The van der Waals surface area contributed by atoms with Crippen LogP contribution in [0.3, 0.4) is 0 Å². The van der Waals surface area contributed by atoms with Crippen LogP contribution >= 0.6 is 0 Å².